The van der Waals surface area contributed by atoms with E-state index in [0.29, 0.717) is 11.3 Å². The fourth-order valence-electron chi connectivity index (χ4n) is 1.73. The van der Waals surface area contributed by atoms with Gasteiger partial charge in [0, 0.05) is 5.69 Å². The van der Waals surface area contributed by atoms with Crippen molar-refractivity contribution in [2.24, 2.45) is 0 Å². The van der Waals surface area contributed by atoms with Gasteiger partial charge < -0.3 is 15.6 Å². The van der Waals surface area contributed by atoms with Gasteiger partial charge in [-0.1, -0.05) is 12.1 Å². The highest BCUT2D eigenvalue weighted by atomic mass is 19.4. The summed E-state index contributed by atoms with van der Waals surface area (Å²) in [5.74, 6) is 0.262. The van der Waals surface area contributed by atoms with Gasteiger partial charge in [0.15, 0.2) is 0 Å². The Labute approximate surface area is 119 Å². The second-order valence-electron chi connectivity index (χ2n) is 4.52. The Balaban J connectivity index is 1.95. The minimum atomic E-state index is -4.37. The van der Waals surface area contributed by atoms with Gasteiger partial charge >= 0.3 is 6.18 Å². The Morgan fingerprint density at radius 1 is 1.00 bits per heavy atom. The van der Waals surface area contributed by atoms with Crippen molar-refractivity contribution in [2.45, 2.75) is 12.3 Å². The molecule has 0 fully saturated rings. The first-order valence-corrected chi connectivity index (χ1v) is 6.20. The number of rotatable bonds is 4. The molecule has 1 unspecified atom stereocenters. The van der Waals surface area contributed by atoms with E-state index in [2.05, 4.69) is 0 Å². The average Bonchev–Trinajstić information content (AvgIpc) is 2.45. The number of anilines is 1. The lowest BCUT2D eigenvalue weighted by Crippen LogP contribution is -2.10. The first-order chi connectivity index (χ1) is 9.86. The molecule has 0 aliphatic rings. The lowest BCUT2D eigenvalue weighted by Gasteiger charge is -2.13. The molecule has 112 valence electrons. The van der Waals surface area contributed by atoms with Crippen LogP contribution in [0.3, 0.4) is 0 Å². The molecule has 0 radical (unpaired) electrons. The highest BCUT2D eigenvalue weighted by Crippen LogP contribution is 2.30. The monoisotopic (exact) mass is 297 g/mol. The zero-order valence-corrected chi connectivity index (χ0v) is 11.0. The zero-order valence-electron chi connectivity index (χ0n) is 11.0. The second-order valence-corrected chi connectivity index (χ2v) is 4.52. The lowest BCUT2D eigenvalue weighted by molar-refractivity contribution is -0.137. The molecule has 0 bridgehead atoms. The largest absolute Gasteiger partial charge is 0.491 e. The number of aliphatic hydroxyl groups excluding tert-OH is 1. The van der Waals surface area contributed by atoms with Gasteiger partial charge in [-0.25, -0.2) is 0 Å². The quantitative estimate of drug-likeness (QED) is 0.850. The van der Waals surface area contributed by atoms with Crippen LogP contribution in [0, 0.1) is 0 Å². The Bertz CT molecular complexity index is 579. The van der Waals surface area contributed by atoms with Gasteiger partial charge in [-0.05, 0) is 42.0 Å². The summed E-state index contributed by atoms with van der Waals surface area (Å²) in [5.41, 5.74) is 5.99. The van der Waals surface area contributed by atoms with Gasteiger partial charge in [-0.15, -0.1) is 0 Å². The molecular weight excluding hydrogens is 283 g/mol. The van der Waals surface area contributed by atoms with Crippen LogP contribution >= 0.6 is 0 Å². The number of aliphatic hydroxyl groups is 1. The van der Waals surface area contributed by atoms with Crippen LogP contribution in [0.2, 0.25) is 0 Å². The Morgan fingerprint density at radius 2 is 1.57 bits per heavy atom. The van der Waals surface area contributed by atoms with Crippen molar-refractivity contribution < 1.29 is 23.0 Å². The highest BCUT2D eigenvalue weighted by Gasteiger charge is 2.30. The molecule has 0 aromatic heterocycles. The van der Waals surface area contributed by atoms with Crippen LogP contribution in [0.1, 0.15) is 17.2 Å². The van der Waals surface area contributed by atoms with E-state index in [4.69, 9.17) is 10.5 Å². The van der Waals surface area contributed by atoms with Crippen LogP contribution in [0.25, 0.3) is 0 Å². The van der Waals surface area contributed by atoms with E-state index < -0.39 is 17.8 Å². The maximum absolute atomic E-state index is 12.4. The number of ether oxygens (including phenoxy) is 1. The van der Waals surface area contributed by atoms with Crippen molar-refractivity contribution in [2.75, 3.05) is 12.3 Å². The van der Waals surface area contributed by atoms with E-state index in [1.54, 1.807) is 24.3 Å². The summed E-state index contributed by atoms with van der Waals surface area (Å²) in [7, 11) is 0. The molecule has 6 heteroatoms. The molecule has 0 saturated heterocycles. The van der Waals surface area contributed by atoms with Crippen molar-refractivity contribution in [3.8, 4) is 5.75 Å². The molecule has 1 atom stereocenters. The van der Waals surface area contributed by atoms with Gasteiger partial charge in [-0.3, -0.25) is 0 Å². The molecule has 0 saturated carbocycles. The molecule has 21 heavy (non-hydrogen) atoms. The number of halogens is 3. The summed E-state index contributed by atoms with van der Waals surface area (Å²) >= 11 is 0. The number of nitrogens with two attached hydrogens (primary N) is 1. The van der Waals surface area contributed by atoms with Crippen LogP contribution in [0.4, 0.5) is 18.9 Å². The first kappa shape index (κ1) is 15.2. The lowest BCUT2D eigenvalue weighted by atomic mass is 10.1. The van der Waals surface area contributed by atoms with Gasteiger partial charge in [0.2, 0.25) is 0 Å². The van der Waals surface area contributed by atoms with Gasteiger partial charge in [-0.2, -0.15) is 13.2 Å². The Kier molecular flexibility index (Phi) is 4.37. The minimum Gasteiger partial charge on any atom is -0.491 e. The van der Waals surface area contributed by atoms with Crippen LogP contribution in [-0.2, 0) is 6.18 Å². The highest BCUT2D eigenvalue weighted by molar-refractivity contribution is 5.40. The molecule has 0 aliphatic heterocycles. The summed E-state index contributed by atoms with van der Waals surface area (Å²) in [4.78, 5) is 0. The number of benzene rings is 2. The topological polar surface area (TPSA) is 55.5 Å². The average molecular weight is 297 g/mol. The molecule has 0 heterocycles. The van der Waals surface area contributed by atoms with Crippen LogP contribution in [0.5, 0.6) is 5.75 Å². The van der Waals surface area contributed by atoms with Crippen LogP contribution in [0.15, 0.2) is 48.5 Å². The second kappa shape index (κ2) is 6.05. The summed E-state index contributed by atoms with van der Waals surface area (Å²) < 4.78 is 42.5. The molecular formula is C15H14F3NO2. The van der Waals surface area contributed by atoms with Gasteiger partial charge in [0.1, 0.15) is 18.5 Å². The molecule has 0 aliphatic carbocycles. The Morgan fingerprint density at radius 3 is 2.10 bits per heavy atom. The maximum atomic E-state index is 12.4. The van der Waals surface area contributed by atoms with Crippen molar-refractivity contribution >= 4 is 5.69 Å². The standard InChI is InChI=1S/C15H14F3NO2/c16-15(17,18)11-3-7-13(8-4-11)21-9-14(20)10-1-5-12(19)6-2-10/h1-8,14,20H,9,19H2. The van der Waals surface area contributed by atoms with Crippen molar-refractivity contribution in [1.29, 1.82) is 0 Å². The van der Waals surface area contributed by atoms with E-state index in [1.165, 1.54) is 12.1 Å². The van der Waals surface area contributed by atoms with Crippen LogP contribution < -0.4 is 10.5 Å². The number of hydrogen-bond donors (Lipinski definition) is 2. The van der Waals surface area contributed by atoms with Crippen molar-refractivity contribution in [1.82, 2.24) is 0 Å². The fourth-order valence-corrected chi connectivity index (χ4v) is 1.73. The van der Waals surface area contributed by atoms with Crippen LogP contribution in [-0.4, -0.2) is 11.7 Å². The molecule has 2 aromatic rings. The third-order valence-corrected chi connectivity index (χ3v) is 2.91. The smallest absolute Gasteiger partial charge is 0.416 e. The van der Waals surface area contributed by atoms with E-state index in [0.717, 1.165) is 12.1 Å². The zero-order chi connectivity index (χ0) is 15.5. The normalized spacial score (nSPS) is 13.0. The van der Waals surface area contributed by atoms with E-state index in [1.807, 2.05) is 0 Å². The summed E-state index contributed by atoms with van der Waals surface area (Å²) in [6.45, 7) is -0.0602. The maximum Gasteiger partial charge on any atom is 0.416 e. The van der Waals surface area contributed by atoms with E-state index in [-0.39, 0.29) is 12.4 Å². The number of nitrogen functional groups attached to an aromatic ring is 1. The summed E-state index contributed by atoms with van der Waals surface area (Å²) in [6.07, 6.45) is -5.25. The minimum absolute atomic E-state index is 0.0602. The third kappa shape index (κ3) is 4.13. The predicted octanol–water partition coefficient (Wildman–Crippen LogP) is 3.40. The van der Waals surface area contributed by atoms with Gasteiger partial charge in [0.05, 0.1) is 5.56 Å². The number of hydrogen-bond acceptors (Lipinski definition) is 3. The molecule has 0 spiro atoms. The predicted molar refractivity (Wildman–Crippen MR) is 72.8 cm³/mol. The first-order valence-electron chi connectivity index (χ1n) is 6.20. The van der Waals surface area contributed by atoms with Crippen molar-refractivity contribution in [3.63, 3.8) is 0 Å². The Hall–Kier alpha value is -2.21. The summed E-state index contributed by atoms with van der Waals surface area (Å²) in [5, 5.41) is 9.91. The fraction of sp³-hybridized carbons (Fsp3) is 0.200. The molecule has 3 nitrogen and oxygen atoms in total. The van der Waals surface area contributed by atoms with Gasteiger partial charge in [0.25, 0.3) is 0 Å². The molecule has 3 N–H and O–H groups in total. The third-order valence-electron chi connectivity index (χ3n) is 2.91. The molecule has 2 rings (SSSR count). The SMILES string of the molecule is Nc1ccc(C(O)COc2ccc(C(F)(F)F)cc2)cc1. The number of alkyl halides is 3. The summed E-state index contributed by atoms with van der Waals surface area (Å²) in [6, 6.07) is 10.9. The molecule has 2 aromatic carbocycles. The van der Waals surface area contributed by atoms with E-state index in [9.17, 15) is 18.3 Å². The molecule has 0 amide bonds. The van der Waals surface area contributed by atoms with Crippen molar-refractivity contribution in [3.05, 3.63) is 59.7 Å². The van der Waals surface area contributed by atoms with E-state index >= 15 is 0 Å².